The van der Waals surface area contributed by atoms with E-state index in [-0.39, 0.29) is 17.3 Å². The van der Waals surface area contributed by atoms with Crippen LogP contribution in [0.5, 0.6) is 17.2 Å². The van der Waals surface area contributed by atoms with Crippen molar-refractivity contribution in [3.63, 3.8) is 0 Å². The molecule has 0 aromatic heterocycles. The number of benzene rings is 2. The maximum atomic E-state index is 12.9. The first-order valence-electron chi connectivity index (χ1n) is 12.5. The van der Waals surface area contributed by atoms with E-state index in [2.05, 4.69) is 0 Å². The van der Waals surface area contributed by atoms with Gasteiger partial charge in [0.05, 0.1) is 7.11 Å². The Morgan fingerprint density at radius 2 is 1.82 bits per heavy atom. The lowest BCUT2D eigenvalue weighted by Crippen LogP contribution is -2.38. The van der Waals surface area contributed by atoms with Crippen molar-refractivity contribution < 1.29 is 37.0 Å². The van der Waals surface area contributed by atoms with Gasteiger partial charge in [0.1, 0.15) is 35.7 Å². The van der Waals surface area contributed by atoms with Crippen LogP contribution in [0.4, 0.5) is 4.79 Å². The zero-order valence-electron chi connectivity index (χ0n) is 22.3. The number of fused-ring (bicyclic) bond motifs is 1. The third kappa shape index (κ3) is 7.84. The molecule has 0 fully saturated rings. The van der Waals surface area contributed by atoms with Crippen molar-refractivity contribution in [2.24, 2.45) is 5.14 Å². The molecule has 1 amide bonds. The number of unbranched alkanes of at least 4 members (excludes halogenated alkanes) is 2. The van der Waals surface area contributed by atoms with E-state index in [1.54, 1.807) is 24.1 Å². The van der Waals surface area contributed by atoms with Crippen LogP contribution in [-0.2, 0) is 26.0 Å². The van der Waals surface area contributed by atoms with Crippen LogP contribution in [0.25, 0.3) is 11.1 Å². The number of hydrogen-bond acceptors (Lipinski definition) is 8. The molecule has 10 nitrogen and oxygen atoms in total. The van der Waals surface area contributed by atoms with Crippen molar-refractivity contribution in [2.45, 2.75) is 57.0 Å². The third-order valence-electron chi connectivity index (χ3n) is 5.83. The van der Waals surface area contributed by atoms with E-state index in [4.69, 9.17) is 24.1 Å². The van der Waals surface area contributed by atoms with Crippen LogP contribution in [0.3, 0.4) is 0 Å². The van der Waals surface area contributed by atoms with Gasteiger partial charge in [-0.25, -0.2) is 18.4 Å². The molecule has 2 N–H and O–H groups in total. The smallest absolute Gasteiger partial charge is 0.410 e. The van der Waals surface area contributed by atoms with Gasteiger partial charge in [-0.15, -0.1) is 0 Å². The monoisotopic (exact) mass is 548 g/mol. The first kappa shape index (κ1) is 29.2. The van der Waals surface area contributed by atoms with Crippen molar-refractivity contribution in [3.8, 4) is 28.4 Å². The van der Waals surface area contributed by atoms with Crippen LogP contribution in [-0.4, -0.2) is 64.7 Å². The fourth-order valence-electron chi connectivity index (χ4n) is 4.06. The molecule has 11 heteroatoms. The lowest BCUT2D eigenvalue weighted by molar-refractivity contribution is -0.107. The second-order valence-corrected chi connectivity index (χ2v) is 11.5. The molecule has 1 heterocycles. The summed E-state index contributed by atoms with van der Waals surface area (Å²) in [5.41, 5.74) is 1.48. The molecule has 3 rings (SSSR count). The molecule has 38 heavy (non-hydrogen) atoms. The maximum absolute atomic E-state index is 12.9. The Balaban J connectivity index is 1.90. The first-order valence-corrected chi connectivity index (χ1v) is 14.0. The Bertz CT molecular complexity index is 1250. The third-order valence-corrected chi connectivity index (χ3v) is 6.75. The number of hydrogen-bond donors (Lipinski definition) is 1. The highest BCUT2D eigenvalue weighted by Gasteiger charge is 2.25. The van der Waals surface area contributed by atoms with Gasteiger partial charge >= 0.3 is 6.09 Å². The number of rotatable bonds is 11. The average molecular weight is 549 g/mol. The fraction of sp³-hybridized carbons (Fsp3) is 0.481. The Hall–Kier alpha value is -3.31. The summed E-state index contributed by atoms with van der Waals surface area (Å²) in [5, 5.41) is 5.46. The predicted octanol–water partition coefficient (Wildman–Crippen LogP) is 3.93. The number of primary sulfonamides is 1. The highest BCUT2D eigenvalue weighted by Crippen LogP contribution is 2.41. The van der Waals surface area contributed by atoms with E-state index >= 15 is 0 Å². The fourth-order valence-corrected chi connectivity index (χ4v) is 4.77. The minimum absolute atomic E-state index is 0.110. The molecule has 0 radical (unpaired) electrons. The van der Waals surface area contributed by atoms with Gasteiger partial charge in [0.15, 0.2) is 11.5 Å². The minimum atomic E-state index is -4.07. The number of aldehydes is 1. The van der Waals surface area contributed by atoms with Gasteiger partial charge in [0.25, 0.3) is 0 Å². The van der Waals surface area contributed by atoms with Gasteiger partial charge in [-0.05, 0) is 81.0 Å². The standard InChI is InChI=1S/C27H36N2O8S/c1-27(2,3)37-26(31)29(11-6-5-7-13-30)12-10-20-16-19(8-9-22(20)34-4)21-17-23-25(36-15-14-35-23)24(18-21)38(28,32)33/h8-9,13,16-18H,5-7,10-12,14-15H2,1-4H3,(H2,28,32,33). The van der Waals surface area contributed by atoms with Crippen molar-refractivity contribution in [1.29, 1.82) is 0 Å². The second kappa shape index (κ2) is 12.5. The molecule has 0 saturated carbocycles. The molecule has 0 unspecified atom stereocenters. The van der Waals surface area contributed by atoms with Gasteiger partial charge < -0.3 is 28.6 Å². The number of nitrogens with two attached hydrogens (primary N) is 1. The summed E-state index contributed by atoms with van der Waals surface area (Å²) in [6, 6.07) is 8.67. The molecule has 0 atom stereocenters. The zero-order valence-corrected chi connectivity index (χ0v) is 23.1. The van der Waals surface area contributed by atoms with Crippen molar-refractivity contribution >= 4 is 22.4 Å². The van der Waals surface area contributed by atoms with E-state index in [9.17, 15) is 18.0 Å². The molecule has 1 aliphatic rings. The van der Waals surface area contributed by atoms with Gasteiger partial charge in [0.2, 0.25) is 10.0 Å². The summed E-state index contributed by atoms with van der Waals surface area (Å²) >= 11 is 0. The Morgan fingerprint density at radius 1 is 1.08 bits per heavy atom. The molecule has 0 saturated heterocycles. The van der Waals surface area contributed by atoms with Gasteiger partial charge in [-0.3, -0.25) is 0 Å². The predicted molar refractivity (Wildman–Crippen MR) is 142 cm³/mol. The number of sulfonamides is 1. The van der Waals surface area contributed by atoms with Crippen LogP contribution >= 0.6 is 0 Å². The number of nitrogens with zero attached hydrogens (tertiary/aromatic N) is 1. The van der Waals surface area contributed by atoms with Crippen molar-refractivity contribution in [1.82, 2.24) is 4.90 Å². The normalized spacial score (nSPS) is 13.1. The molecular weight excluding hydrogens is 512 g/mol. The quantitative estimate of drug-likeness (QED) is 0.330. The lowest BCUT2D eigenvalue weighted by atomic mass is 10.00. The summed E-state index contributed by atoms with van der Waals surface area (Å²) in [4.78, 5) is 25.0. The van der Waals surface area contributed by atoms with Gasteiger partial charge in [0, 0.05) is 19.5 Å². The molecular formula is C27H36N2O8S. The van der Waals surface area contributed by atoms with Crippen LogP contribution in [0.2, 0.25) is 0 Å². The van der Waals surface area contributed by atoms with E-state index in [1.165, 1.54) is 6.07 Å². The number of ether oxygens (including phenoxy) is 4. The number of amides is 1. The van der Waals surface area contributed by atoms with E-state index in [0.717, 1.165) is 17.4 Å². The van der Waals surface area contributed by atoms with Crippen molar-refractivity contribution in [3.05, 3.63) is 35.9 Å². The topological polar surface area (TPSA) is 134 Å². The number of carbonyl (C=O) groups excluding carboxylic acids is 2. The highest BCUT2D eigenvalue weighted by atomic mass is 32.2. The summed E-state index contributed by atoms with van der Waals surface area (Å²) in [6.07, 6.45) is 2.68. The van der Waals surface area contributed by atoms with E-state index in [0.29, 0.717) is 62.4 Å². The molecule has 1 aliphatic heterocycles. The van der Waals surface area contributed by atoms with E-state index < -0.39 is 21.7 Å². The number of methoxy groups -OCH3 is 1. The SMILES string of the molecule is COc1ccc(-c2cc3c(c(S(N)(=O)=O)c2)OCCO3)cc1CCN(CCCCC=O)C(=O)OC(C)(C)C. The average Bonchev–Trinajstić information content (AvgIpc) is 2.85. The highest BCUT2D eigenvalue weighted by molar-refractivity contribution is 7.89. The summed E-state index contributed by atoms with van der Waals surface area (Å²) in [5.74, 6) is 1.04. The van der Waals surface area contributed by atoms with Gasteiger partial charge in [-0.2, -0.15) is 0 Å². The molecule has 208 valence electrons. The molecule has 0 aliphatic carbocycles. The van der Waals surface area contributed by atoms with E-state index in [1.807, 2.05) is 32.9 Å². The van der Waals surface area contributed by atoms with Crippen LogP contribution in [0.15, 0.2) is 35.2 Å². The van der Waals surface area contributed by atoms with Crippen LogP contribution in [0.1, 0.15) is 45.6 Å². The molecule has 2 aromatic carbocycles. The van der Waals surface area contributed by atoms with Crippen molar-refractivity contribution in [2.75, 3.05) is 33.4 Å². The minimum Gasteiger partial charge on any atom is -0.496 e. The second-order valence-electron chi connectivity index (χ2n) is 9.95. The van der Waals surface area contributed by atoms with Crippen LogP contribution < -0.4 is 19.3 Å². The van der Waals surface area contributed by atoms with Gasteiger partial charge in [-0.1, -0.05) is 6.07 Å². The summed E-state index contributed by atoms with van der Waals surface area (Å²) in [6.45, 7) is 6.76. The zero-order chi connectivity index (χ0) is 27.9. The summed E-state index contributed by atoms with van der Waals surface area (Å²) < 4.78 is 46.9. The molecule has 2 aromatic rings. The van der Waals surface area contributed by atoms with Crippen LogP contribution in [0, 0.1) is 0 Å². The maximum Gasteiger partial charge on any atom is 0.410 e. The Labute approximate surface area is 224 Å². The number of carbonyl (C=O) groups is 2. The summed E-state index contributed by atoms with van der Waals surface area (Å²) in [7, 11) is -2.50. The first-order chi connectivity index (χ1) is 17.9. The Kier molecular flexibility index (Phi) is 9.61. The largest absolute Gasteiger partial charge is 0.496 e. The Morgan fingerprint density at radius 3 is 2.47 bits per heavy atom. The lowest BCUT2D eigenvalue weighted by Gasteiger charge is -2.27. The molecule has 0 bridgehead atoms. The molecule has 0 spiro atoms.